The van der Waals surface area contributed by atoms with Crippen LogP contribution in [0.3, 0.4) is 0 Å². The average molecular weight is 439 g/mol. The van der Waals surface area contributed by atoms with E-state index in [1.165, 1.54) is 29.0 Å². The minimum absolute atomic E-state index is 0.0300. The molecule has 1 aromatic heterocycles. The molecule has 1 saturated heterocycles. The van der Waals surface area contributed by atoms with Crippen molar-refractivity contribution >= 4 is 17.2 Å². The number of hydrogen-bond donors (Lipinski definition) is 0. The summed E-state index contributed by atoms with van der Waals surface area (Å²) in [7, 11) is 0. The fourth-order valence-corrected chi connectivity index (χ4v) is 4.93. The van der Waals surface area contributed by atoms with Crippen LogP contribution in [0.15, 0.2) is 47.8 Å². The van der Waals surface area contributed by atoms with Gasteiger partial charge in [-0.25, -0.2) is 9.37 Å². The van der Waals surface area contributed by atoms with Gasteiger partial charge in [-0.2, -0.15) is 0 Å². The number of amides is 1. The van der Waals surface area contributed by atoms with Crippen LogP contribution >= 0.6 is 11.3 Å². The first-order valence-corrected chi connectivity index (χ1v) is 11.4. The molecule has 0 radical (unpaired) electrons. The van der Waals surface area contributed by atoms with Crippen molar-refractivity contribution in [2.75, 3.05) is 13.2 Å². The van der Waals surface area contributed by atoms with E-state index in [1.807, 2.05) is 34.5 Å². The SMILES string of the molecule is O=C(c1csc(C2CCCO2)n1)N1CCc2cc(OCc3cccc(F)c3)ccc2C1. The third-order valence-corrected chi connectivity index (χ3v) is 6.65. The average Bonchev–Trinajstić information content (AvgIpc) is 3.49. The number of fused-ring (bicyclic) bond motifs is 1. The fraction of sp³-hybridized carbons (Fsp3) is 0.333. The predicted octanol–water partition coefficient (Wildman–Crippen LogP) is 4.91. The van der Waals surface area contributed by atoms with Crippen LogP contribution < -0.4 is 4.74 Å². The van der Waals surface area contributed by atoms with Gasteiger partial charge >= 0.3 is 0 Å². The number of hydrogen-bond acceptors (Lipinski definition) is 5. The van der Waals surface area contributed by atoms with Crippen molar-refractivity contribution < 1.29 is 18.7 Å². The first-order valence-electron chi connectivity index (χ1n) is 10.5. The molecule has 0 saturated carbocycles. The summed E-state index contributed by atoms with van der Waals surface area (Å²) in [6.07, 6.45) is 2.83. The number of rotatable bonds is 5. The summed E-state index contributed by atoms with van der Waals surface area (Å²) in [6, 6.07) is 12.4. The van der Waals surface area contributed by atoms with Crippen molar-refractivity contribution in [2.24, 2.45) is 0 Å². The van der Waals surface area contributed by atoms with E-state index < -0.39 is 0 Å². The van der Waals surface area contributed by atoms with Crippen molar-refractivity contribution in [2.45, 2.75) is 38.5 Å². The van der Waals surface area contributed by atoms with E-state index in [0.717, 1.165) is 47.8 Å². The molecule has 3 aromatic rings. The zero-order valence-corrected chi connectivity index (χ0v) is 17.9. The molecule has 0 aliphatic carbocycles. The molecule has 2 aromatic carbocycles. The summed E-state index contributed by atoms with van der Waals surface area (Å²) in [5.41, 5.74) is 3.60. The quantitative estimate of drug-likeness (QED) is 0.568. The summed E-state index contributed by atoms with van der Waals surface area (Å²) in [5, 5.41) is 2.75. The van der Waals surface area contributed by atoms with Gasteiger partial charge in [0, 0.05) is 25.1 Å². The zero-order chi connectivity index (χ0) is 21.2. The van der Waals surface area contributed by atoms with Gasteiger partial charge in [0.15, 0.2) is 0 Å². The Kier molecular flexibility index (Phi) is 5.70. The summed E-state index contributed by atoms with van der Waals surface area (Å²) in [6.45, 7) is 2.29. The molecule has 2 aliphatic rings. The largest absolute Gasteiger partial charge is 0.489 e. The van der Waals surface area contributed by atoms with E-state index in [-0.39, 0.29) is 17.8 Å². The van der Waals surface area contributed by atoms with Crippen LogP contribution in [0, 0.1) is 5.82 Å². The lowest BCUT2D eigenvalue weighted by Crippen LogP contribution is -2.36. The maximum atomic E-state index is 13.3. The van der Waals surface area contributed by atoms with Crippen LogP contribution in [0.2, 0.25) is 0 Å². The van der Waals surface area contributed by atoms with Crippen LogP contribution in [-0.4, -0.2) is 28.9 Å². The van der Waals surface area contributed by atoms with E-state index >= 15 is 0 Å². The topological polar surface area (TPSA) is 51.7 Å². The molecule has 5 rings (SSSR count). The Balaban J connectivity index is 1.23. The third kappa shape index (κ3) is 4.48. The molecule has 5 nitrogen and oxygen atoms in total. The van der Waals surface area contributed by atoms with Gasteiger partial charge in [-0.15, -0.1) is 11.3 Å². The van der Waals surface area contributed by atoms with Gasteiger partial charge < -0.3 is 14.4 Å². The highest BCUT2D eigenvalue weighted by atomic mass is 32.1. The molecule has 1 amide bonds. The lowest BCUT2D eigenvalue weighted by Gasteiger charge is -2.28. The molecular formula is C24H23FN2O3S. The summed E-state index contributed by atoms with van der Waals surface area (Å²) in [5.74, 6) is 0.459. The number of aromatic nitrogens is 1. The van der Waals surface area contributed by atoms with Gasteiger partial charge in [-0.3, -0.25) is 4.79 Å². The minimum Gasteiger partial charge on any atom is -0.489 e. The Morgan fingerprint density at radius 3 is 3.03 bits per heavy atom. The highest BCUT2D eigenvalue weighted by molar-refractivity contribution is 7.09. The number of benzene rings is 2. The highest BCUT2D eigenvalue weighted by Gasteiger charge is 2.26. The van der Waals surface area contributed by atoms with Gasteiger partial charge in [0.2, 0.25) is 0 Å². The van der Waals surface area contributed by atoms with Gasteiger partial charge in [-0.1, -0.05) is 18.2 Å². The summed E-state index contributed by atoms with van der Waals surface area (Å²) in [4.78, 5) is 19.4. The number of thiazole rings is 1. The molecule has 2 aliphatic heterocycles. The smallest absolute Gasteiger partial charge is 0.273 e. The molecule has 0 N–H and O–H groups in total. The number of halogens is 1. The molecule has 1 atom stereocenters. The molecule has 3 heterocycles. The summed E-state index contributed by atoms with van der Waals surface area (Å²) < 4.78 is 24.8. The van der Waals surface area contributed by atoms with Gasteiger partial charge in [0.1, 0.15) is 35.0 Å². The second-order valence-corrected chi connectivity index (χ2v) is 8.79. The number of carbonyl (C=O) groups is 1. The molecule has 1 unspecified atom stereocenters. The lowest BCUT2D eigenvalue weighted by molar-refractivity contribution is 0.0727. The molecule has 160 valence electrons. The van der Waals surface area contributed by atoms with Gasteiger partial charge in [0.05, 0.1) is 0 Å². The Bertz CT molecular complexity index is 1090. The number of carbonyl (C=O) groups excluding carboxylic acids is 1. The molecular weight excluding hydrogens is 415 g/mol. The van der Waals surface area contributed by atoms with Gasteiger partial charge in [-0.05, 0) is 60.2 Å². The minimum atomic E-state index is -0.265. The fourth-order valence-electron chi connectivity index (χ4n) is 4.05. The Hall–Kier alpha value is -2.77. The van der Waals surface area contributed by atoms with E-state index in [4.69, 9.17) is 9.47 Å². The van der Waals surface area contributed by atoms with E-state index in [2.05, 4.69) is 4.98 Å². The van der Waals surface area contributed by atoms with Crippen molar-refractivity contribution in [3.05, 3.63) is 81.1 Å². The van der Waals surface area contributed by atoms with E-state index in [9.17, 15) is 9.18 Å². The Morgan fingerprint density at radius 1 is 1.26 bits per heavy atom. The monoisotopic (exact) mass is 438 g/mol. The lowest BCUT2D eigenvalue weighted by atomic mass is 9.99. The highest BCUT2D eigenvalue weighted by Crippen LogP contribution is 2.31. The van der Waals surface area contributed by atoms with Crippen LogP contribution in [0.4, 0.5) is 4.39 Å². The van der Waals surface area contributed by atoms with Crippen LogP contribution in [-0.2, 0) is 24.3 Å². The normalized spacial score (nSPS) is 18.1. The van der Waals surface area contributed by atoms with Crippen molar-refractivity contribution in [1.82, 2.24) is 9.88 Å². The second kappa shape index (κ2) is 8.77. The van der Waals surface area contributed by atoms with Crippen LogP contribution in [0.5, 0.6) is 5.75 Å². The molecule has 1 fully saturated rings. The van der Waals surface area contributed by atoms with Crippen LogP contribution in [0.1, 0.15) is 51.1 Å². The maximum absolute atomic E-state index is 13.3. The van der Waals surface area contributed by atoms with Crippen molar-refractivity contribution in [3.8, 4) is 5.75 Å². The zero-order valence-electron chi connectivity index (χ0n) is 17.1. The Morgan fingerprint density at radius 2 is 2.19 bits per heavy atom. The Labute approximate surface area is 184 Å². The number of ether oxygens (including phenoxy) is 2. The summed E-state index contributed by atoms with van der Waals surface area (Å²) >= 11 is 1.51. The maximum Gasteiger partial charge on any atom is 0.273 e. The van der Waals surface area contributed by atoms with E-state index in [1.54, 1.807) is 6.07 Å². The first-order chi connectivity index (χ1) is 15.2. The standard InChI is InChI=1S/C24H23FN2O3S/c25-19-4-1-3-16(11-19)14-30-20-7-6-18-13-27(9-8-17(18)12-20)24(28)21-15-31-23(26-21)22-5-2-10-29-22/h1,3-4,6-7,11-12,15,22H,2,5,8-10,13-14H2. The molecule has 0 spiro atoms. The molecule has 0 bridgehead atoms. The molecule has 7 heteroatoms. The second-order valence-electron chi connectivity index (χ2n) is 7.90. The molecule has 31 heavy (non-hydrogen) atoms. The van der Waals surface area contributed by atoms with Crippen molar-refractivity contribution in [3.63, 3.8) is 0 Å². The predicted molar refractivity (Wildman–Crippen MR) is 116 cm³/mol. The van der Waals surface area contributed by atoms with Crippen molar-refractivity contribution in [1.29, 1.82) is 0 Å². The number of nitrogens with zero attached hydrogens (tertiary/aromatic N) is 2. The van der Waals surface area contributed by atoms with Gasteiger partial charge in [0.25, 0.3) is 5.91 Å². The van der Waals surface area contributed by atoms with Crippen LogP contribution in [0.25, 0.3) is 0 Å². The third-order valence-electron chi connectivity index (χ3n) is 5.72. The van der Waals surface area contributed by atoms with E-state index in [0.29, 0.717) is 25.4 Å². The first kappa shape index (κ1) is 20.2.